The topological polar surface area (TPSA) is 63.2 Å². The van der Waals surface area contributed by atoms with Gasteiger partial charge in [0.1, 0.15) is 0 Å². The summed E-state index contributed by atoms with van der Waals surface area (Å²) in [5.74, 6) is 1.34. The molecule has 4 nitrogen and oxygen atoms in total. The average Bonchev–Trinajstić information content (AvgIpc) is 3.30. The molecule has 0 spiro atoms. The van der Waals surface area contributed by atoms with Crippen LogP contribution in [0.3, 0.4) is 0 Å². The molecular formula is C18H24ClNO3S. The Bertz CT molecular complexity index is 683. The summed E-state index contributed by atoms with van der Waals surface area (Å²) in [5, 5.41) is 3.72. The van der Waals surface area contributed by atoms with Crippen LogP contribution in [0.1, 0.15) is 43.6 Å². The molecule has 0 aromatic heterocycles. The second-order valence-electron chi connectivity index (χ2n) is 7.07. The van der Waals surface area contributed by atoms with Gasteiger partial charge in [-0.25, -0.2) is 8.42 Å². The normalized spacial score (nSPS) is 23.8. The molecule has 6 heteroatoms. The number of benzene rings is 1. The van der Waals surface area contributed by atoms with Crippen LogP contribution < -0.4 is 5.32 Å². The Morgan fingerprint density at radius 2 is 1.92 bits per heavy atom. The number of amides is 1. The summed E-state index contributed by atoms with van der Waals surface area (Å²) in [4.78, 5) is 12.6. The smallest absolute Gasteiger partial charge is 0.227 e. The number of hydrogen-bond donors (Lipinski definition) is 1. The lowest BCUT2D eigenvalue weighted by Gasteiger charge is -2.17. The van der Waals surface area contributed by atoms with Crippen LogP contribution >= 0.6 is 11.6 Å². The lowest BCUT2D eigenvalue weighted by molar-refractivity contribution is -0.123. The molecule has 2 atom stereocenters. The Morgan fingerprint density at radius 3 is 2.50 bits per heavy atom. The van der Waals surface area contributed by atoms with Gasteiger partial charge in [0.2, 0.25) is 5.91 Å². The van der Waals surface area contributed by atoms with Gasteiger partial charge in [-0.3, -0.25) is 4.79 Å². The van der Waals surface area contributed by atoms with Crippen molar-refractivity contribution in [1.29, 1.82) is 0 Å². The predicted molar refractivity (Wildman–Crippen MR) is 95.9 cm³/mol. The molecule has 3 rings (SSSR count). The zero-order valence-corrected chi connectivity index (χ0v) is 15.3. The van der Waals surface area contributed by atoms with Crippen molar-refractivity contribution in [3.05, 3.63) is 34.9 Å². The largest absolute Gasteiger partial charge is 0.356 e. The summed E-state index contributed by atoms with van der Waals surface area (Å²) in [5.41, 5.74) is 1.03. The monoisotopic (exact) mass is 369 g/mol. The van der Waals surface area contributed by atoms with E-state index in [1.807, 2.05) is 24.3 Å². The van der Waals surface area contributed by atoms with Gasteiger partial charge in [0.25, 0.3) is 0 Å². The molecule has 0 radical (unpaired) electrons. The van der Waals surface area contributed by atoms with Gasteiger partial charge in [-0.15, -0.1) is 0 Å². The minimum absolute atomic E-state index is 0.0823. The quantitative estimate of drug-likeness (QED) is 0.751. The lowest BCUT2D eigenvalue weighted by atomic mass is 9.93. The van der Waals surface area contributed by atoms with Crippen LogP contribution in [0.25, 0.3) is 0 Å². The van der Waals surface area contributed by atoms with E-state index in [-0.39, 0.29) is 17.7 Å². The van der Waals surface area contributed by atoms with Crippen LogP contribution in [-0.2, 0) is 14.6 Å². The van der Waals surface area contributed by atoms with E-state index in [0.29, 0.717) is 29.0 Å². The Balaban J connectivity index is 1.47. The molecular weight excluding hydrogens is 346 g/mol. The second-order valence-corrected chi connectivity index (χ2v) is 9.73. The molecule has 1 amide bonds. The molecule has 2 unspecified atom stereocenters. The summed E-state index contributed by atoms with van der Waals surface area (Å²) in [6, 6.07) is 7.54. The van der Waals surface area contributed by atoms with Gasteiger partial charge in [0.05, 0.1) is 17.4 Å². The summed E-state index contributed by atoms with van der Waals surface area (Å²) in [7, 11) is -2.80. The molecule has 0 bridgehead atoms. The van der Waals surface area contributed by atoms with Crippen molar-refractivity contribution >= 4 is 27.3 Å². The zero-order valence-electron chi connectivity index (χ0n) is 13.7. The van der Waals surface area contributed by atoms with Crippen LogP contribution in [0.2, 0.25) is 5.02 Å². The molecule has 1 N–H and O–H groups in total. The van der Waals surface area contributed by atoms with Gasteiger partial charge in [0, 0.05) is 11.6 Å². The maximum Gasteiger partial charge on any atom is 0.227 e. The van der Waals surface area contributed by atoms with E-state index in [1.54, 1.807) is 0 Å². The first kappa shape index (κ1) is 17.7. The highest BCUT2D eigenvalue weighted by molar-refractivity contribution is 7.91. The van der Waals surface area contributed by atoms with Crippen molar-refractivity contribution in [2.45, 2.75) is 38.0 Å². The van der Waals surface area contributed by atoms with Crippen molar-refractivity contribution in [2.24, 2.45) is 11.8 Å². The Kier molecular flexibility index (Phi) is 5.50. The first-order valence-corrected chi connectivity index (χ1v) is 10.9. The molecule has 1 aliphatic heterocycles. The number of hydrogen-bond acceptors (Lipinski definition) is 3. The fourth-order valence-electron chi connectivity index (χ4n) is 3.55. The third-order valence-electron chi connectivity index (χ3n) is 5.02. The summed E-state index contributed by atoms with van der Waals surface area (Å²) in [6.45, 7) is 0.617. The van der Waals surface area contributed by atoms with Crippen LogP contribution in [0.5, 0.6) is 0 Å². The number of nitrogens with one attached hydrogen (secondary N) is 1. The van der Waals surface area contributed by atoms with E-state index < -0.39 is 9.84 Å². The fourth-order valence-corrected chi connectivity index (χ4v) is 5.59. The molecule has 2 aliphatic rings. The SMILES string of the molecule is O=C(NCCCC1CCS(=O)(=O)C1)C(c1ccc(Cl)cc1)C1CC1. The van der Waals surface area contributed by atoms with Gasteiger partial charge >= 0.3 is 0 Å². The van der Waals surface area contributed by atoms with E-state index >= 15 is 0 Å². The van der Waals surface area contributed by atoms with E-state index in [0.717, 1.165) is 37.7 Å². The molecule has 24 heavy (non-hydrogen) atoms. The molecule has 2 fully saturated rings. The zero-order chi connectivity index (χ0) is 17.2. The number of halogens is 1. The van der Waals surface area contributed by atoms with Gasteiger partial charge in [-0.1, -0.05) is 23.7 Å². The maximum atomic E-state index is 12.6. The molecule has 1 heterocycles. The summed E-state index contributed by atoms with van der Waals surface area (Å²) in [6.07, 6.45) is 4.67. The third kappa shape index (κ3) is 4.73. The minimum Gasteiger partial charge on any atom is -0.356 e. The van der Waals surface area contributed by atoms with Crippen molar-refractivity contribution in [1.82, 2.24) is 5.32 Å². The van der Waals surface area contributed by atoms with E-state index in [2.05, 4.69) is 5.32 Å². The Labute approximate surface area is 148 Å². The summed E-state index contributed by atoms with van der Waals surface area (Å²) < 4.78 is 22.9. The third-order valence-corrected chi connectivity index (χ3v) is 7.11. The molecule has 1 aliphatic carbocycles. The predicted octanol–water partition coefficient (Wildman–Crippen LogP) is 3.16. The van der Waals surface area contributed by atoms with Gasteiger partial charge in [-0.2, -0.15) is 0 Å². The van der Waals surface area contributed by atoms with Gasteiger partial charge in [-0.05, 0) is 61.6 Å². The highest BCUT2D eigenvalue weighted by Gasteiger charge is 2.37. The first-order chi connectivity index (χ1) is 11.4. The first-order valence-electron chi connectivity index (χ1n) is 8.68. The van der Waals surface area contributed by atoms with Crippen molar-refractivity contribution in [3.8, 4) is 0 Å². The van der Waals surface area contributed by atoms with Crippen molar-refractivity contribution in [3.63, 3.8) is 0 Å². The van der Waals surface area contributed by atoms with Crippen molar-refractivity contribution in [2.75, 3.05) is 18.1 Å². The van der Waals surface area contributed by atoms with Crippen LogP contribution in [0.4, 0.5) is 0 Å². The number of sulfone groups is 1. The summed E-state index contributed by atoms with van der Waals surface area (Å²) >= 11 is 5.93. The maximum absolute atomic E-state index is 12.6. The molecule has 1 aromatic rings. The van der Waals surface area contributed by atoms with Gasteiger partial charge < -0.3 is 5.32 Å². The number of rotatable bonds is 7. The standard InChI is InChI=1S/C18H24ClNO3S/c19-16-7-5-15(6-8-16)17(14-3-4-14)18(21)20-10-1-2-13-9-11-24(22,23)12-13/h5-8,13-14,17H,1-4,9-12H2,(H,20,21). The van der Waals surface area contributed by atoms with E-state index in [1.165, 1.54) is 0 Å². The second kappa shape index (κ2) is 7.44. The van der Waals surface area contributed by atoms with Gasteiger partial charge in [0.15, 0.2) is 9.84 Å². The molecule has 132 valence electrons. The Morgan fingerprint density at radius 1 is 1.21 bits per heavy atom. The van der Waals surface area contributed by atoms with Crippen LogP contribution in [0.15, 0.2) is 24.3 Å². The van der Waals surface area contributed by atoms with Crippen molar-refractivity contribution < 1.29 is 13.2 Å². The average molecular weight is 370 g/mol. The van der Waals surface area contributed by atoms with Crippen LogP contribution in [0, 0.1) is 11.8 Å². The molecule has 1 aromatic carbocycles. The number of carbonyl (C=O) groups is 1. The van der Waals surface area contributed by atoms with E-state index in [4.69, 9.17) is 11.6 Å². The Hall–Kier alpha value is -1.07. The highest BCUT2D eigenvalue weighted by atomic mass is 35.5. The van der Waals surface area contributed by atoms with E-state index in [9.17, 15) is 13.2 Å². The molecule has 1 saturated heterocycles. The van der Waals surface area contributed by atoms with Crippen LogP contribution in [-0.4, -0.2) is 32.4 Å². The molecule has 1 saturated carbocycles. The minimum atomic E-state index is -2.80. The lowest BCUT2D eigenvalue weighted by Crippen LogP contribution is -2.31. The highest BCUT2D eigenvalue weighted by Crippen LogP contribution is 2.43. The fraction of sp³-hybridized carbons (Fsp3) is 0.611. The number of carbonyl (C=O) groups excluding carboxylic acids is 1.